The van der Waals surface area contributed by atoms with Gasteiger partial charge in [0.1, 0.15) is 11.5 Å². The maximum Gasteiger partial charge on any atom is 0.336 e. The zero-order chi connectivity index (χ0) is 15.7. The number of benzene rings is 3. The number of rotatable bonds is 3. The van der Waals surface area contributed by atoms with Crippen molar-refractivity contribution in [3.05, 3.63) is 60.2 Å². The Labute approximate surface area is 127 Å². The number of carboxylic acid groups (broad SMARTS) is 1. The maximum atomic E-state index is 11.5. The monoisotopic (exact) mass is 294 g/mol. The maximum absolute atomic E-state index is 11.5. The third-order valence-corrected chi connectivity index (χ3v) is 3.59. The molecule has 4 heteroatoms. The number of aromatic carboxylic acids is 1. The summed E-state index contributed by atoms with van der Waals surface area (Å²) in [5.41, 5.74) is 1.50. The number of carboxylic acids is 1. The molecule has 0 unspecified atom stereocenters. The van der Waals surface area contributed by atoms with Crippen molar-refractivity contribution in [3.8, 4) is 22.6 Å². The zero-order valence-electron chi connectivity index (χ0n) is 11.9. The van der Waals surface area contributed by atoms with Gasteiger partial charge < -0.3 is 14.9 Å². The van der Waals surface area contributed by atoms with E-state index in [0.717, 1.165) is 16.3 Å². The minimum absolute atomic E-state index is 0.192. The quantitative estimate of drug-likeness (QED) is 0.768. The summed E-state index contributed by atoms with van der Waals surface area (Å²) in [6.07, 6.45) is 0. The van der Waals surface area contributed by atoms with Crippen LogP contribution in [0, 0.1) is 0 Å². The van der Waals surface area contributed by atoms with Crippen molar-refractivity contribution in [2.24, 2.45) is 0 Å². The van der Waals surface area contributed by atoms with Crippen molar-refractivity contribution in [3.63, 3.8) is 0 Å². The number of methoxy groups -OCH3 is 1. The van der Waals surface area contributed by atoms with E-state index in [4.69, 9.17) is 4.74 Å². The van der Waals surface area contributed by atoms with Gasteiger partial charge in [-0.15, -0.1) is 0 Å². The number of hydrogen-bond acceptors (Lipinski definition) is 3. The predicted octanol–water partition coefficient (Wildman–Crippen LogP) is 3.92. The van der Waals surface area contributed by atoms with E-state index >= 15 is 0 Å². The molecule has 0 radical (unpaired) electrons. The molecule has 2 N–H and O–H groups in total. The molecule has 4 nitrogen and oxygen atoms in total. The number of phenolic OH excluding ortho intramolecular Hbond substituents is 1. The lowest BCUT2D eigenvalue weighted by molar-refractivity contribution is 0.0697. The van der Waals surface area contributed by atoms with Crippen molar-refractivity contribution >= 4 is 16.7 Å². The summed E-state index contributed by atoms with van der Waals surface area (Å²) < 4.78 is 5.32. The van der Waals surface area contributed by atoms with Crippen LogP contribution in [0.25, 0.3) is 21.9 Å². The van der Waals surface area contributed by atoms with Gasteiger partial charge in [-0.05, 0) is 46.7 Å². The molecule has 0 amide bonds. The summed E-state index contributed by atoms with van der Waals surface area (Å²) in [7, 11) is 1.52. The summed E-state index contributed by atoms with van der Waals surface area (Å²) >= 11 is 0. The Kier molecular flexibility index (Phi) is 3.43. The highest BCUT2D eigenvalue weighted by atomic mass is 16.5. The van der Waals surface area contributed by atoms with Crippen LogP contribution in [0.15, 0.2) is 54.6 Å². The van der Waals surface area contributed by atoms with Crippen molar-refractivity contribution < 1.29 is 19.7 Å². The van der Waals surface area contributed by atoms with E-state index in [2.05, 4.69) is 0 Å². The third-order valence-electron chi connectivity index (χ3n) is 3.59. The number of phenols is 1. The molecular formula is C18H14O4. The van der Waals surface area contributed by atoms with Gasteiger partial charge >= 0.3 is 5.97 Å². The molecule has 0 fully saturated rings. The fourth-order valence-corrected chi connectivity index (χ4v) is 2.57. The van der Waals surface area contributed by atoms with Crippen LogP contribution in [0.4, 0.5) is 0 Å². The molecule has 0 bridgehead atoms. The summed E-state index contributed by atoms with van der Waals surface area (Å²) in [6.45, 7) is 0. The Morgan fingerprint density at radius 3 is 2.45 bits per heavy atom. The van der Waals surface area contributed by atoms with Gasteiger partial charge in [0, 0.05) is 5.56 Å². The Bertz CT molecular complexity index is 868. The van der Waals surface area contributed by atoms with Crippen molar-refractivity contribution in [2.45, 2.75) is 0 Å². The van der Waals surface area contributed by atoms with E-state index in [9.17, 15) is 15.0 Å². The van der Waals surface area contributed by atoms with Crippen LogP contribution in [-0.2, 0) is 0 Å². The standard InChI is InChI=1S/C18H14O4/c1-22-16-4-2-3-15(18(20)21)17(16)13-6-5-12-10-14(19)8-7-11(12)9-13/h2-10,19H,1H3,(H,20,21). The van der Waals surface area contributed by atoms with Gasteiger partial charge in [0.25, 0.3) is 0 Å². The summed E-state index contributed by atoms with van der Waals surface area (Å²) in [6, 6.07) is 15.6. The van der Waals surface area contributed by atoms with Crippen molar-refractivity contribution in [1.82, 2.24) is 0 Å². The van der Waals surface area contributed by atoms with Crippen molar-refractivity contribution in [1.29, 1.82) is 0 Å². The summed E-state index contributed by atoms with van der Waals surface area (Å²) in [5.74, 6) is -0.290. The first-order chi connectivity index (χ1) is 10.6. The van der Waals surface area contributed by atoms with E-state index in [1.807, 2.05) is 18.2 Å². The Morgan fingerprint density at radius 1 is 1.00 bits per heavy atom. The van der Waals surface area contributed by atoms with Gasteiger partial charge in [-0.25, -0.2) is 4.79 Å². The molecule has 110 valence electrons. The van der Waals surface area contributed by atoms with E-state index in [-0.39, 0.29) is 11.3 Å². The fourth-order valence-electron chi connectivity index (χ4n) is 2.57. The van der Waals surface area contributed by atoms with E-state index < -0.39 is 5.97 Å². The Morgan fingerprint density at radius 2 is 1.73 bits per heavy atom. The molecular weight excluding hydrogens is 280 g/mol. The predicted molar refractivity (Wildman–Crippen MR) is 84.6 cm³/mol. The van der Waals surface area contributed by atoms with Gasteiger partial charge in [0.05, 0.1) is 12.7 Å². The minimum atomic E-state index is -1.00. The molecule has 0 aliphatic heterocycles. The lowest BCUT2D eigenvalue weighted by atomic mass is 9.96. The normalized spacial score (nSPS) is 10.6. The smallest absolute Gasteiger partial charge is 0.336 e. The number of aromatic hydroxyl groups is 1. The van der Waals surface area contributed by atoms with Gasteiger partial charge in [0.15, 0.2) is 0 Å². The van der Waals surface area contributed by atoms with Gasteiger partial charge in [0.2, 0.25) is 0 Å². The largest absolute Gasteiger partial charge is 0.508 e. The van der Waals surface area contributed by atoms with Crippen molar-refractivity contribution in [2.75, 3.05) is 7.11 Å². The highest BCUT2D eigenvalue weighted by Gasteiger charge is 2.16. The average molecular weight is 294 g/mol. The first-order valence-electron chi connectivity index (χ1n) is 6.73. The average Bonchev–Trinajstić information content (AvgIpc) is 2.53. The minimum Gasteiger partial charge on any atom is -0.508 e. The van der Waals surface area contributed by atoms with Crippen LogP contribution in [0.5, 0.6) is 11.5 Å². The molecule has 0 atom stereocenters. The first kappa shape index (κ1) is 13.9. The highest BCUT2D eigenvalue weighted by molar-refractivity contribution is 5.99. The molecule has 3 aromatic carbocycles. The van der Waals surface area contributed by atoms with Gasteiger partial charge in [-0.3, -0.25) is 0 Å². The Balaban J connectivity index is 2.26. The van der Waals surface area contributed by atoms with Gasteiger partial charge in [-0.2, -0.15) is 0 Å². The number of fused-ring (bicyclic) bond motifs is 1. The summed E-state index contributed by atoms with van der Waals surface area (Å²) in [5, 5.41) is 20.7. The molecule has 3 aromatic rings. The lowest BCUT2D eigenvalue weighted by Gasteiger charge is -2.12. The topological polar surface area (TPSA) is 66.8 Å². The van der Waals surface area contributed by atoms with E-state index in [0.29, 0.717) is 11.3 Å². The molecule has 22 heavy (non-hydrogen) atoms. The fraction of sp³-hybridized carbons (Fsp3) is 0.0556. The van der Waals surface area contributed by atoms with Crippen LogP contribution in [-0.4, -0.2) is 23.3 Å². The molecule has 3 rings (SSSR count). The first-order valence-corrected chi connectivity index (χ1v) is 6.73. The van der Waals surface area contributed by atoms with Gasteiger partial charge in [-0.1, -0.05) is 24.3 Å². The van der Waals surface area contributed by atoms with Crippen LogP contribution in [0.3, 0.4) is 0 Å². The Hall–Kier alpha value is -3.01. The van der Waals surface area contributed by atoms with Crippen LogP contribution < -0.4 is 4.74 Å². The lowest BCUT2D eigenvalue weighted by Crippen LogP contribution is -2.01. The second-order valence-corrected chi connectivity index (χ2v) is 4.93. The molecule has 0 aliphatic rings. The molecule has 0 aromatic heterocycles. The van der Waals surface area contributed by atoms with Crippen LogP contribution >= 0.6 is 0 Å². The summed E-state index contributed by atoms with van der Waals surface area (Å²) in [4.78, 5) is 11.5. The third kappa shape index (κ3) is 2.35. The number of carbonyl (C=O) groups is 1. The number of hydrogen-bond donors (Lipinski definition) is 2. The second kappa shape index (κ2) is 5.41. The molecule has 0 aliphatic carbocycles. The number of ether oxygens (including phenoxy) is 1. The van der Waals surface area contributed by atoms with Crippen LogP contribution in [0.1, 0.15) is 10.4 Å². The van der Waals surface area contributed by atoms with E-state index in [1.165, 1.54) is 7.11 Å². The van der Waals surface area contributed by atoms with Crippen LogP contribution in [0.2, 0.25) is 0 Å². The van der Waals surface area contributed by atoms with E-state index in [1.54, 1.807) is 36.4 Å². The zero-order valence-corrected chi connectivity index (χ0v) is 11.9. The molecule has 0 spiro atoms. The second-order valence-electron chi connectivity index (χ2n) is 4.93. The molecule has 0 saturated carbocycles. The molecule has 0 saturated heterocycles. The SMILES string of the molecule is COc1cccc(C(=O)O)c1-c1ccc2cc(O)ccc2c1. The molecule has 0 heterocycles. The highest BCUT2D eigenvalue weighted by Crippen LogP contribution is 2.35.